The molecule has 2 rings (SSSR count). The molecule has 0 spiro atoms. The molecule has 0 radical (unpaired) electrons. The zero-order chi connectivity index (χ0) is 15.8. The fourth-order valence-electron chi connectivity index (χ4n) is 3.01. The molecule has 0 aromatic heterocycles. The summed E-state index contributed by atoms with van der Waals surface area (Å²) in [6.45, 7) is 9.22. The Morgan fingerprint density at radius 1 is 1.14 bits per heavy atom. The smallest absolute Gasteiger partial charge is 0.243 e. The summed E-state index contributed by atoms with van der Waals surface area (Å²) in [5, 5.41) is 0. The first-order valence-corrected chi connectivity index (χ1v) is 8.95. The average molecular weight is 310 g/mol. The van der Waals surface area contributed by atoms with Crippen LogP contribution in [0.4, 0.5) is 5.69 Å². The van der Waals surface area contributed by atoms with Crippen LogP contribution in [-0.2, 0) is 10.0 Å². The summed E-state index contributed by atoms with van der Waals surface area (Å²) in [7, 11) is -3.47. The Hall–Kier alpha value is -1.07. The van der Waals surface area contributed by atoms with E-state index < -0.39 is 10.0 Å². The molecule has 0 amide bonds. The van der Waals surface area contributed by atoms with E-state index in [9.17, 15) is 8.42 Å². The number of hydrogen-bond acceptors (Lipinski definition) is 3. The zero-order valence-corrected chi connectivity index (χ0v) is 14.3. The Morgan fingerprint density at radius 2 is 1.81 bits per heavy atom. The summed E-state index contributed by atoms with van der Waals surface area (Å²) < 4.78 is 27.7. The number of benzene rings is 1. The number of nitrogens with two attached hydrogens (primary N) is 1. The Labute approximate surface area is 128 Å². The second kappa shape index (κ2) is 5.61. The molecule has 1 heterocycles. The normalized spacial score (nSPS) is 20.2. The molecule has 21 heavy (non-hydrogen) atoms. The van der Waals surface area contributed by atoms with Crippen LogP contribution < -0.4 is 5.73 Å². The van der Waals surface area contributed by atoms with E-state index in [4.69, 9.17) is 5.73 Å². The second-order valence-electron chi connectivity index (χ2n) is 6.85. The maximum Gasteiger partial charge on any atom is 0.243 e. The fourth-order valence-corrected chi connectivity index (χ4v) is 4.95. The van der Waals surface area contributed by atoms with Gasteiger partial charge in [0, 0.05) is 18.8 Å². The van der Waals surface area contributed by atoms with E-state index >= 15 is 0 Å². The van der Waals surface area contributed by atoms with Crippen molar-refractivity contribution in [2.24, 2.45) is 5.41 Å². The van der Waals surface area contributed by atoms with E-state index in [1.54, 1.807) is 23.4 Å². The number of aryl methyl sites for hydroxylation is 1. The quantitative estimate of drug-likeness (QED) is 0.854. The van der Waals surface area contributed by atoms with Gasteiger partial charge >= 0.3 is 0 Å². The molecule has 5 heteroatoms. The third kappa shape index (κ3) is 3.24. The predicted octanol–water partition coefficient (Wildman–Crippen LogP) is 3.09. The predicted molar refractivity (Wildman–Crippen MR) is 86.7 cm³/mol. The molecule has 1 aliphatic rings. The average Bonchev–Trinajstić information content (AvgIpc) is 2.55. The Balaban J connectivity index is 2.41. The Kier molecular flexibility index (Phi) is 4.36. The van der Waals surface area contributed by atoms with Crippen molar-refractivity contribution in [1.29, 1.82) is 0 Å². The fraction of sp³-hybridized carbons (Fsp3) is 0.625. The van der Waals surface area contributed by atoms with Gasteiger partial charge in [0.1, 0.15) is 0 Å². The SMILES string of the molecule is Cc1ccc(N)c(C)c1S(=O)(=O)N1CCCC(C)(C)CC1. The molecular weight excluding hydrogens is 284 g/mol. The van der Waals surface area contributed by atoms with Crippen molar-refractivity contribution < 1.29 is 8.42 Å². The van der Waals surface area contributed by atoms with Gasteiger partial charge in [-0.3, -0.25) is 0 Å². The van der Waals surface area contributed by atoms with Crippen LogP contribution >= 0.6 is 0 Å². The number of nitrogens with zero attached hydrogens (tertiary/aromatic N) is 1. The van der Waals surface area contributed by atoms with Crippen LogP contribution in [-0.4, -0.2) is 25.8 Å². The lowest BCUT2D eigenvalue weighted by molar-refractivity contribution is 0.314. The van der Waals surface area contributed by atoms with E-state index in [1.165, 1.54) is 0 Å². The molecule has 0 atom stereocenters. The first kappa shape index (κ1) is 16.3. The number of rotatable bonds is 2. The van der Waals surface area contributed by atoms with Gasteiger partial charge in [0.25, 0.3) is 0 Å². The van der Waals surface area contributed by atoms with Crippen molar-refractivity contribution in [3.63, 3.8) is 0 Å². The summed E-state index contributed by atoms with van der Waals surface area (Å²) >= 11 is 0. The van der Waals surface area contributed by atoms with Crippen molar-refractivity contribution in [3.05, 3.63) is 23.3 Å². The van der Waals surface area contributed by atoms with E-state index in [-0.39, 0.29) is 5.41 Å². The molecule has 118 valence electrons. The van der Waals surface area contributed by atoms with E-state index in [1.807, 2.05) is 6.92 Å². The molecule has 0 saturated carbocycles. The molecule has 0 aliphatic carbocycles. The summed E-state index contributed by atoms with van der Waals surface area (Å²) in [5.41, 5.74) is 8.09. The molecule has 1 saturated heterocycles. The van der Waals surface area contributed by atoms with E-state index in [0.29, 0.717) is 29.2 Å². The lowest BCUT2D eigenvalue weighted by Crippen LogP contribution is -2.33. The molecule has 0 bridgehead atoms. The minimum absolute atomic E-state index is 0.212. The minimum atomic E-state index is -3.47. The zero-order valence-electron chi connectivity index (χ0n) is 13.4. The van der Waals surface area contributed by atoms with Crippen LogP contribution in [0.5, 0.6) is 0 Å². The summed E-state index contributed by atoms with van der Waals surface area (Å²) in [5.74, 6) is 0. The number of hydrogen-bond donors (Lipinski definition) is 1. The van der Waals surface area contributed by atoms with Crippen molar-refractivity contribution >= 4 is 15.7 Å². The van der Waals surface area contributed by atoms with Crippen LogP contribution in [0.3, 0.4) is 0 Å². The lowest BCUT2D eigenvalue weighted by atomic mass is 9.85. The highest BCUT2D eigenvalue weighted by atomic mass is 32.2. The summed E-state index contributed by atoms with van der Waals surface area (Å²) in [4.78, 5) is 0.391. The first-order chi connectivity index (χ1) is 9.65. The maximum absolute atomic E-state index is 13.0. The number of sulfonamides is 1. The molecule has 1 aromatic rings. The standard InChI is InChI=1S/C16H26N2O2S/c1-12-6-7-14(17)13(2)15(12)21(19,20)18-10-5-8-16(3,4)9-11-18/h6-7H,5,8-11,17H2,1-4H3. The third-order valence-electron chi connectivity index (χ3n) is 4.54. The lowest BCUT2D eigenvalue weighted by Gasteiger charge is -2.24. The topological polar surface area (TPSA) is 63.4 Å². The van der Waals surface area contributed by atoms with Crippen molar-refractivity contribution in [2.45, 2.75) is 51.9 Å². The van der Waals surface area contributed by atoms with Gasteiger partial charge in [-0.1, -0.05) is 19.9 Å². The number of nitrogen functional groups attached to an aromatic ring is 1. The third-order valence-corrected chi connectivity index (χ3v) is 6.73. The van der Waals surface area contributed by atoms with Crippen LogP contribution in [0, 0.1) is 19.3 Å². The Morgan fingerprint density at radius 3 is 2.48 bits per heavy atom. The molecule has 1 fully saturated rings. The first-order valence-electron chi connectivity index (χ1n) is 7.51. The Bertz CT molecular complexity index is 636. The van der Waals surface area contributed by atoms with Gasteiger partial charge < -0.3 is 5.73 Å². The van der Waals surface area contributed by atoms with Crippen molar-refractivity contribution in [1.82, 2.24) is 4.31 Å². The van der Waals surface area contributed by atoms with Gasteiger partial charge in [0.2, 0.25) is 10.0 Å². The van der Waals surface area contributed by atoms with Gasteiger partial charge in [-0.25, -0.2) is 8.42 Å². The molecule has 1 aliphatic heterocycles. The van der Waals surface area contributed by atoms with Gasteiger partial charge in [-0.15, -0.1) is 0 Å². The van der Waals surface area contributed by atoms with Gasteiger partial charge in [-0.2, -0.15) is 4.31 Å². The minimum Gasteiger partial charge on any atom is -0.398 e. The second-order valence-corrected chi connectivity index (χ2v) is 8.72. The largest absolute Gasteiger partial charge is 0.398 e. The molecular formula is C16H26N2O2S. The van der Waals surface area contributed by atoms with Crippen LogP contribution in [0.1, 0.15) is 44.2 Å². The van der Waals surface area contributed by atoms with Gasteiger partial charge in [0.05, 0.1) is 4.90 Å². The molecule has 0 unspecified atom stereocenters. The van der Waals surface area contributed by atoms with Crippen LogP contribution in [0.2, 0.25) is 0 Å². The van der Waals surface area contributed by atoms with Crippen molar-refractivity contribution in [3.8, 4) is 0 Å². The summed E-state index contributed by atoms with van der Waals surface area (Å²) in [6.07, 6.45) is 2.87. The highest BCUT2D eigenvalue weighted by molar-refractivity contribution is 7.89. The summed E-state index contributed by atoms with van der Waals surface area (Å²) in [6, 6.07) is 3.56. The highest BCUT2D eigenvalue weighted by Crippen LogP contribution is 2.33. The molecule has 4 nitrogen and oxygen atoms in total. The van der Waals surface area contributed by atoms with Gasteiger partial charge in [0.15, 0.2) is 0 Å². The van der Waals surface area contributed by atoms with E-state index in [0.717, 1.165) is 24.8 Å². The monoisotopic (exact) mass is 310 g/mol. The van der Waals surface area contributed by atoms with Crippen molar-refractivity contribution in [2.75, 3.05) is 18.8 Å². The van der Waals surface area contributed by atoms with Crippen LogP contribution in [0.25, 0.3) is 0 Å². The maximum atomic E-state index is 13.0. The van der Waals surface area contributed by atoms with Crippen LogP contribution in [0.15, 0.2) is 17.0 Å². The molecule has 2 N–H and O–H groups in total. The molecule has 1 aromatic carbocycles. The van der Waals surface area contributed by atoms with Gasteiger partial charge in [-0.05, 0) is 55.7 Å². The van der Waals surface area contributed by atoms with E-state index in [2.05, 4.69) is 13.8 Å². The number of anilines is 1. The highest BCUT2D eigenvalue weighted by Gasteiger charge is 2.32.